The van der Waals surface area contributed by atoms with Crippen LogP contribution < -0.4 is 11.1 Å². The molecule has 1 heterocycles. The van der Waals surface area contributed by atoms with E-state index in [4.69, 9.17) is 5.73 Å². The fourth-order valence-corrected chi connectivity index (χ4v) is 2.81. The fourth-order valence-electron chi connectivity index (χ4n) is 1.87. The van der Waals surface area contributed by atoms with Gasteiger partial charge in [-0.1, -0.05) is 32.1 Å². The Hall–Kier alpha value is -1.30. The Labute approximate surface area is 124 Å². The Morgan fingerprint density at radius 2 is 2.10 bits per heavy atom. The molecule has 1 aromatic rings. The second-order valence-electron chi connectivity index (χ2n) is 6.61. The van der Waals surface area contributed by atoms with E-state index in [1.165, 1.54) is 24.2 Å². The standard InChI is InChI=1S/C14H24N4OS/c1-8(14(2,3)4)18(5)12(19)10-11(15)17-13(20-10)16-9-6-7-9/h8-9H,6-7,15H2,1-5H3,(H,16,17). The van der Waals surface area contributed by atoms with Crippen molar-refractivity contribution in [2.45, 2.75) is 52.6 Å². The number of nitrogens with one attached hydrogen (secondary N) is 1. The van der Waals surface area contributed by atoms with Crippen molar-refractivity contribution in [2.24, 2.45) is 5.41 Å². The van der Waals surface area contributed by atoms with Crippen LogP contribution in [0.2, 0.25) is 0 Å². The van der Waals surface area contributed by atoms with Gasteiger partial charge in [-0.3, -0.25) is 4.79 Å². The third-order valence-electron chi connectivity index (χ3n) is 3.91. The van der Waals surface area contributed by atoms with Crippen LogP contribution in [0.5, 0.6) is 0 Å². The minimum Gasteiger partial charge on any atom is -0.382 e. The molecule has 1 aromatic heterocycles. The normalized spacial score (nSPS) is 16.9. The van der Waals surface area contributed by atoms with Crippen LogP contribution in [0.15, 0.2) is 0 Å². The molecule has 0 aliphatic heterocycles. The Morgan fingerprint density at radius 1 is 1.50 bits per heavy atom. The summed E-state index contributed by atoms with van der Waals surface area (Å²) in [5.41, 5.74) is 5.92. The number of amides is 1. The number of nitrogens with two attached hydrogens (primary N) is 1. The van der Waals surface area contributed by atoms with Gasteiger partial charge in [0, 0.05) is 19.1 Å². The Kier molecular flexibility index (Phi) is 3.95. The Balaban J connectivity index is 2.13. The minimum absolute atomic E-state index is 0.0267. The number of aromatic nitrogens is 1. The smallest absolute Gasteiger partial charge is 0.267 e. The van der Waals surface area contributed by atoms with Gasteiger partial charge in [0.15, 0.2) is 5.13 Å². The summed E-state index contributed by atoms with van der Waals surface area (Å²) in [6, 6.07) is 0.631. The van der Waals surface area contributed by atoms with Crippen molar-refractivity contribution in [2.75, 3.05) is 18.1 Å². The quantitative estimate of drug-likeness (QED) is 0.896. The molecule has 1 amide bonds. The molecule has 20 heavy (non-hydrogen) atoms. The maximum atomic E-state index is 12.6. The molecule has 1 atom stereocenters. The van der Waals surface area contributed by atoms with E-state index in [1.54, 1.807) is 4.90 Å². The molecule has 6 heteroatoms. The van der Waals surface area contributed by atoms with E-state index >= 15 is 0 Å². The zero-order valence-electron chi connectivity index (χ0n) is 12.9. The third kappa shape index (κ3) is 3.23. The van der Waals surface area contributed by atoms with E-state index in [-0.39, 0.29) is 17.4 Å². The van der Waals surface area contributed by atoms with Crippen molar-refractivity contribution in [3.05, 3.63) is 4.88 Å². The molecule has 1 fully saturated rings. The number of carbonyl (C=O) groups excluding carboxylic acids is 1. The van der Waals surface area contributed by atoms with Gasteiger partial charge < -0.3 is 16.0 Å². The lowest BCUT2D eigenvalue weighted by molar-refractivity contribution is 0.0635. The van der Waals surface area contributed by atoms with Crippen molar-refractivity contribution in [1.29, 1.82) is 0 Å². The van der Waals surface area contributed by atoms with Crippen molar-refractivity contribution >= 4 is 28.2 Å². The highest BCUT2D eigenvalue weighted by Crippen LogP contribution is 2.32. The molecule has 0 spiro atoms. The summed E-state index contributed by atoms with van der Waals surface area (Å²) in [4.78, 5) is 19.1. The molecular formula is C14H24N4OS. The highest BCUT2D eigenvalue weighted by Gasteiger charge is 2.30. The van der Waals surface area contributed by atoms with E-state index in [2.05, 4.69) is 38.0 Å². The molecule has 0 aromatic carbocycles. The van der Waals surface area contributed by atoms with E-state index in [0.29, 0.717) is 16.7 Å². The van der Waals surface area contributed by atoms with E-state index in [9.17, 15) is 4.79 Å². The first-order valence-electron chi connectivity index (χ1n) is 7.00. The summed E-state index contributed by atoms with van der Waals surface area (Å²) < 4.78 is 0. The van der Waals surface area contributed by atoms with Gasteiger partial charge >= 0.3 is 0 Å². The second-order valence-corrected chi connectivity index (χ2v) is 7.61. The number of anilines is 2. The van der Waals surface area contributed by atoms with Crippen LogP contribution in [0, 0.1) is 5.41 Å². The van der Waals surface area contributed by atoms with Crippen LogP contribution >= 0.6 is 11.3 Å². The van der Waals surface area contributed by atoms with Crippen LogP contribution in [-0.2, 0) is 0 Å². The number of hydrogen-bond acceptors (Lipinski definition) is 5. The average Bonchev–Trinajstić information content (AvgIpc) is 3.08. The summed E-state index contributed by atoms with van der Waals surface area (Å²) >= 11 is 1.35. The first-order chi connectivity index (χ1) is 9.20. The lowest BCUT2D eigenvalue weighted by Crippen LogP contribution is -2.42. The number of nitrogens with zero attached hydrogens (tertiary/aromatic N) is 2. The van der Waals surface area contributed by atoms with Crippen LogP contribution in [0.4, 0.5) is 10.9 Å². The minimum atomic E-state index is -0.0497. The Morgan fingerprint density at radius 3 is 2.60 bits per heavy atom. The van der Waals surface area contributed by atoms with Crippen molar-refractivity contribution in [3.63, 3.8) is 0 Å². The highest BCUT2D eigenvalue weighted by molar-refractivity contribution is 7.18. The molecular weight excluding hydrogens is 272 g/mol. The molecule has 1 unspecified atom stereocenters. The molecule has 2 rings (SSSR count). The number of rotatable bonds is 4. The van der Waals surface area contributed by atoms with Crippen molar-refractivity contribution in [3.8, 4) is 0 Å². The van der Waals surface area contributed by atoms with Crippen molar-refractivity contribution < 1.29 is 4.79 Å². The Bertz CT molecular complexity index is 502. The van der Waals surface area contributed by atoms with Gasteiger partial charge in [-0.25, -0.2) is 4.98 Å². The number of hydrogen-bond donors (Lipinski definition) is 2. The molecule has 1 aliphatic carbocycles. The van der Waals surface area contributed by atoms with Crippen LogP contribution in [0.3, 0.4) is 0 Å². The molecule has 0 radical (unpaired) electrons. The predicted molar refractivity (Wildman–Crippen MR) is 84.2 cm³/mol. The molecule has 1 aliphatic rings. The summed E-state index contributed by atoms with van der Waals surface area (Å²) in [7, 11) is 1.82. The molecule has 112 valence electrons. The lowest BCUT2D eigenvalue weighted by atomic mass is 9.87. The topological polar surface area (TPSA) is 71.2 Å². The molecule has 0 saturated heterocycles. The number of carbonyl (C=O) groups is 1. The van der Waals surface area contributed by atoms with Gasteiger partial charge in [-0.05, 0) is 25.2 Å². The molecule has 5 nitrogen and oxygen atoms in total. The first kappa shape index (κ1) is 15.1. The zero-order chi connectivity index (χ0) is 15.1. The van der Waals surface area contributed by atoms with Crippen LogP contribution in [0.1, 0.15) is 50.2 Å². The fraction of sp³-hybridized carbons (Fsp3) is 0.714. The van der Waals surface area contributed by atoms with E-state index in [0.717, 1.165) is 5.13 Å². The van der Waals surface area contributed by atoms with E-state index < -0.39 is 0 Å². The van der Waals surface area contributed by atoms with Gasteiger partial charge in [0.25, 0.3) is 5.91 Å². The number of thiazole rings is 1. The second kappa shape index (κ2) is 5.24. The zero-order valence-corrected chi connectivity index (χ0v) is 13.7. The predicted octanol–water partition coefficient (Wildman–Crippen LogP) is 2.81. The largest absolute Gasteiger partial charge is 0.382 e. The third-order valence-corrected chi connectivity index (χ3v) is 4.90. The average molecular weight is 296 g/mol. The van der Waals surface area contributed by atoms with Gasteiger partial charge in [-0.2, -0.15) is 0 Å². The molecule has 3 N–H and O–H groups in total. The van der Waals surface area contributed by atoms with Crippen LogP contribution in [0.25, 0.3) is 0 Å². The van der Waals surface area contributed by atoms with Crippen molar-refractivity contribution in [1.82, 2.24) is 9.88 Å². The maximum Gasteiger partial charge on any atom is 0.267 e. The first-order valence-corrected chi connectivity index (χ1v) is 7.81. The summed E-state index contributed by atoms with van der Waals surface area (Å²) in [5, 5.41) is 4.04. The van der Waals surface area contributed by atoms with Gasteiger partial charge in [0.05, 0.1) is 0 Å². The maximum absolute atomic E-state index is 12.6. The highest BCUT2D eigenvalue weighted by atomic mass is 32.1. The number of nitrogen functional groups attached to an aromatic ring is 1. The summed E-state index contributed by atoms with van der Waals surface area (Å²) in [5.74, 6) is 0.280. The van der Waals surface area contributed by atoms with Crippen LogP contribution in [-0.4, -0.2) is 34.9 Å². The SMILES string of the molecule is CC(N(C)C(=O)c1sc(NC2CC2)nc1N)C(C)(C)C. The van der Waals surface area contributed by atoms with E-state index in [1.807, 2.05) is 7.05 Å². The lowest BCUT2D eigenvalue weighted by Gasteiger charge is -2.35. The summed E-state index contributed by atoms with van der Waals surface area (Å²) in [6.45, 7) is 8.42. The van der Waals surface area contributed by atoms with Gasteiger partial charge in [0.1, 0.15) is 10.7 Å². The summed E-state index contributed by atoms with van der Waals surface area (Å²) in [6.07, 6.45) is 2.34. The molecule has 0 bridgehead atoms. The van der Waals surface area contributed by atoms with Gasteiger partial charge in [-0.15, -0.1) is 0 Å². The molecule has 1 saturated carbocycles. The monoisotopic (exact) mass is 296 g/mol. The van der Waals surface area contributed by atoms with Gasteiger partial charge in [0.2, 0.25) is 0 Å².